The van der Waals surface area contributed by atoms with Gasteiger partial charge in [-0.05, 0) is 66.8 Å². The van der Waals surface area contributed by atoms with Crippen molar-refractivity contribution in [2.24, 2.45) is 0 Å². The third-order valence-electron chi connectivity index (χ3n) is 11.0. The normalized spacial score (nSPS) is 11.2. The van der Waals surface area contributed by atoms with E-state index >= 15 is 0 Å². The number of hydrogen-bond donors (Lipinski definition) is 4. The van der Waals surface area contributed by atoms with Crippen molar-refractivity contribution < 1.29 is 40.2 Å². The summed E-state index contributed by atoms with van der Waals surface area (Å²) in [6, 6.07) is 65.2. The van der Waals surface area contributed by atoms with Gasteiger partial charge in [0.05, 0.1) is 5.41 Å². The molecule has 0 fully saturated rings. The molecule has 292 valence electrons. The van der Waals surface area contributed by atoms with Crippen LogP contribution in [0.1, 0.15) is 22.3 Å². The molecule has 12 heteroatoms. The molecule has 0 spiro atoms. The maximum absolute atomic E-state index is 9.21. The van der Waals surface area contributed by atoms with Gasteiger partial charge in [0.25, 0.3) is 0 Å². The summed E-state index contributed by atoms with van der Waals surface area (Å²) in [5.41, 5.74) is 13.3. The molecule has 0 atom stereocenters. The van der Waals surface area contributed by atoms with Gasteiger partial charge in [-0.25, -0.2) is 0 Å². The van der Waals surface area contributed by atoms with E-state index in [9.17, 15) is 21.0 Å². The van der Waals surface area contributed by atoms with Crippen LogP contribution in [-0.4, -0.2) is 51.0 Å². The zero-order valence-electron chi connectivity index (χ0n) is 32.7. The highest BCUT2D eigenvalue weighted by molar-refractivity contribution is 6.47. The summed E-state index contributed by atoms with van der Waals surface area (Å²) < 4.78 is 0. The van der Waals surface area contributed by atoms with E-state index in [1.165, 1.54) is 29.9 Å². The predicted octanol–water partition coefficient (Wildman–Crippen LogP) is 7.67. The van der Waals surface area contributed by atoms with Gasteiger partial charge in [0.1, 0.15) is 0 Å². The van der Waals surface area contributed by atoms with E-state index in [4.69, 9.17) is 0 Å². The van der Waals surface area contributed by atoms with Gasteiger partial charge in [-0.3, -0.25) is 21.0 Å². The highest BCUT2D eigenvalue weighted by Gasteiger charge is 2.44. The van der Waals surface area contributed by atoms with Crippen molar-refractivity contribution in [1.82, 2.24) is 0 Å². The first-order chi connectivity index (χ1) is 30.1. The Kier molecular flexibility index (Phi) is 13.2. The molecule has 4 N–H and O–H groups in total. The first kappa shape index (κ1) is 41.4. The SMILES string of the molecule is OO[B]c1ccc(-c2ccccc2C(c2ccccc2-c2ccc([B]OO)cc2)(c2ccccc2-c2ccc([B]OO)cc2)c2ccccc2-c2ccc([B]OO)cc2)cc1. The number of benzene rings is 8. The molecule has 0 amide bonds. The lowest BCUT2D eigenvalue weighted by molar-refractivity contribution is -0.135. The van der Waals surface area contributed by atoms with E-state index in [0.29, 0.717) is 21.9 Å². The lowest BCUT2D eigenvalue weighted by Gasteiger charge is -2.42. The third kappa shape index (κ3) is 8.53. The second-order valence-corrected chi connectivity index (χ2v) is 14.3. The Morgan fingerprint density at radius 2 is 0.459 bits per heavy atom. The van der Waals surface area contributed by atoms with Crippen LogP contribution in [0.5, 0.6) is 0 Å². The highest BCUT2D eigenvalue weighted by Crippen LogP contribution is 2.55. The smallest absolute Gasteiger partial charge is 0.307 e. The van der Waals surface area contributed by atoms with Gasteiger partial charge in [-0.2, -0.15) is 0 Å². The summed E-state index contributed by atoms with van der Waals surface area (Å²) in [6.45, 7) is 0. The zero-order chi connectivity index (χ0) is 42.0. The fraction of sp³-hybridized carbons (Fsp3) is 0.0204. The van der Waals surface area contributed by atoms with Gasteiger partial charge >= 0.3 is 29.9 Å². The van der Waals surface area contributed by atoms with Crippen LogP contribution in [0.3, 0.4) is 0 Å². The molecule has 0 saturated heterocycles. The molecule has 0 aliphatic heterocycles. The molecule has 8 rings (SSSR count). The first-order valence-corrected chi connectivity index (χ1v) is 19.4. The molecule has 4 radical (unpaired) electrons. The lowest BCUT2D eigenvalue weighted by atomic mass is 9.59. The fourth-order valence-corrected chi connectivity index (χ4v) is 8.33. The molecular formula is C49H36B4O8. The summed E-state index contributed by atoms with van der Waals surface area (Å²) in [6.07, 6.45) is 0. The zero-order valence-corrected chi connectivity index (χ0v) is 32.7. The molecule has 61 heavy (non-hydrogen) atoms. The summed E-state index contributed by atoms with van der Waals surface area (Å²) in [4.78, 5) is 17.5. The monoisotopic (exact) mass is 796 g/mol. The van der Waals surface area contributed by atoms with Crippen molar-refractivity contribution in [2.75, 3.05) is 0 Å². The molecule has 8 aromatic carbocycles. The molecule has 8 nitrogen and oxygen atoms in total. The molecule has 8 aromatic rings. The van der Waals surface area contributed by atoms with Crippen LogP contribution in [-0.2, 0) is 24.6 Å². The van der Waals surface area contributed by atoms with Crippen LogP contribution >= 0.6 is 0 Å². The molecule has 0 aromatic heterocycles. The quantitative estimate of drug-likeness (QED) is 0.0341. The summed E-state index contributed by atoms with van der Waals surface area (Å²) in [5, 5.41) is 36.8. The first-order valence-electron chi connectivity index (χ1n) is 19.4. The molecular weight excluding hydrogens is 760 g/mol. The van der Waals surface area contributed by atoms with E-state index in [1.54, 1.807) is 0 Å². The summed E-state index contributed by atoms with van der Waals surface area (Å²) in [5.74, 6) is 0. The number of hydrogen-bond acceptors (Lipinski definition) is 8. The minimum absolute atomic E-state index is 0.697. The second kappa shape index (κ2) is 19.4. The topological polar surface area (TPSA) is 118 Å². The molecule has 0 aliphatic rings. The largest absolute Gasteiger partial charge is 0.381 e. The average molecular weight is 796 g/mol. The van der Waals surface area contributed by atoms with E-state index in [2.05, 4.69) is 92.0 Å². The summed E-state index contributed by atoms with van der Waals surface area (Å²) in [7, 11) is 5.13. The molecule has 0 bridgehead atoms. The Balaban J connectivity index is 1.54. The highest BCUT2D eigenvalue weighted by atomic mass is 17.1. The van der Waals surface area contributed by atoms with Gasteiger partial charge in [-0.1, -0.05) is 216 Å². The minimum atomic E-state index is -1.07. The van der Waals surface area contributed by atoms with Crippen LogP contribution in [0, 0.1) is 0 Å². The molecule has 0 saturated carbocycles. The molecule has 0 aliphatic carbocycles. The van der Waals surface area contributed by atoms with E-state index in [0.717, 1.165) is 66.8 Å². The number of rotatable bonds is 16. The standard InChI is InChI=1S/C49H36B4O8/c54-58-50-37-25-17-33(18-26-37)41-9-1-5-13-45(41)49(46-14-6-2-10-42(46)34-19-27-38(28-20-34)51-59-55,47-15-7-3-11-43(47)35-21-29-39(30-22-35)52-60-56)48-16-8-4-12-44(48)36-23-31-40(32-24-36)53-61-57/h1-32,54-57H. The van der Waals surface area contributed by atoms with Crippen molar-refractivity contribution in [2.45, 2.75) is 5.41 Å². The maximum atomic E-state index is 9.21. The van der Waals surface area contributed by atoms with E-state index in [1.807, 2.05) is 121 Å². The van der Waals surface area contributed by atoms with Crippen LogP contribution in [0.2, 0.25) is 0 Å². The van der Waals surface area contributed by atoms with Crippen molar-refractivity contribution in [3.8, 4) is 44.5 Å². The maximum Gasteiger partial charge on any atom is 0.381 e. The van der Waals surface area contributed by atoms with Crippen LogP contribution < -0.4 is 21.9 Å². The van der Waals surface area contributed by atoms with Gasteiger partial charge in [0.2, 0.25) is 0 Å². The van der Waals surface area contributed by atoms with E-state index < -0.39 is 5.41 Å². The molecule has 0 heterocycles. The van der Waals surface area contributed by atoms with Crippen molar-refractivity contribution in [1.29, 1.82) is 0 Å². The van der Waals surface area contributed by atoms with E-state index in [-0.39, 0.29) is 0 Å². The minimum Gasteiger partial charge on any atom is -0.307 e. The predicted molar refractivity (Wildman–Crippen MR) is 243 cm³/mol. The second-order valence-electron chi connectivity index (χ2n) is 14.3. The summed E-state index contributed by atoms with van der Waals surface area (Å²) >= 11 is 0. The Labute approximate surface area is 357 Å². The van der Waals surface area contributed by atoms with Crippen molar-refractivity contribution in [3.05, 3.63) is 216 Å². The van der Waals surface area contributed by atoms with Gasteiger partial charge in [0.15, 0.2) is 0 Å². The van der Waals surface area contributed by atoms with Crippen LogP contribution in [0.4, 0.5) is 0 Å². The Morgan fingerprint density at radius 1 is 0.262 bits per heavy atom. The fourth-order valence-electron chi connectivity index (χ4n) is 8.33. The lowest BCUT2D eigenvalue weighted by Crippen LogP contribution is -2.34. The van der Waals surface area contributed by atoms with Crippen molar-refractivity contribution >= 4 is 51.8 Å². The van der Waals surface area contributed by atoms with Crippen LogP contribution in [0.15, 0.2) is 194 Å². The Hall–Kier alpha value is -6.30. The molecule has 0 unspecified atom stereocenters. The van der Waals surface area contributed by atoms with Gasteiger partial charge in [0, 0.05) is 0 Å². The third-order valence-corrected chi connectivity index (χ3v) is 11.0. The Morgan fingerprint density at radius 3 is 0.656 bits per heavy atom. The van der Waals surface area contributed by atoms with Crippen molar-refractivity contribution in [3.63, 3.8) is 0 Å². The average Bonchev–Trinajstić information content (AvgIpc) is 3.32. The Bertz CT molecular complexity index is 2320. The van der Waals surface area contributed by atoms with Crippen LogP contribution in [0.25, 0.3) is 44.5 Å². The van der Waals surface area contributed by atoms with Gasteiger partial charge < -0.3 is 19.2 Å². The van der Waals surface area contributed by atoms with Gasteiger partial charge in [-0.15, -0.1) is 0 Å².